The van der Waals surface area contributed by atoms with Crippen LogP contribution < -0.4 is 0 Å². The number of carbonyl (C=O) groups excluding carboxylic acids is 3. The number of hydrogen-bond donors (Lipinski definition) is 0. The number of benzene rings is 3. The fourth-order valence-corrected chi connectivity index (χ4v) is 4.72. The van der Waals surface area contributed by atoms with Crippen LogP contribution >= 0.6 is 11.6 Å². The van der Waals surface area contributed by atoms with Crippen LogP contribution in [0.1, 0.15) is 67.9 Å². The highest BCUT2D eigenvalue weighted by Crippen LogP contribution is 2.46. The number of hydrogen-bond acceptors (Lipinski definition) is 3. The summed E-state index contributed by atoms with van der Waals surface area (Å²) < 4.78 is 0. The van der Waals surface area contributed by atoms with E-state index in [2.05, 4.69) is 6.92 Å². The van der Waals surface area contributed by atoms with Gasteiger partial charge in [0, 0.05) is 29.0 Å². The molecule has 0 bridgehead atoms. The zero-order valence-electron chi connectivity index (χ0n) is 17.3. The van der Waals surface area contributed by atoms with Gasteiger partial charge in [-0.05, 0) is 17.5 Å². The number of alkyl halides is 1. The molecule has 1 aliphatic carbocycles. The molecule has 0 unspecified atom stereocenters. The molecule has 4 rings (SSSR count). The lowest BCUT2D eigenvalue weighted by Crippen LogP contribution is -2.42. The Kier molecular flexibility index (Phi) is 5.88. The van der Waals surface area contributed by atoms with Crippen molar-refractivity contribution in [3.8, 4) is 0 Å². The van der Waals surface area contributed by atoms with Crippen LogP contribution in [-0.4, -0.2) is 22.2 Å². The Balaban J connectivity index is 1.72. The first kappa shape index (κ1) is 21.2. The molecule has 31 heavy (non-hydrogen) atoms. The second-order valence-electron chi connectivity index (χ2n) is 7.95. The Morgan fingerprint density at radius 2 is 1.39 bits per heavy atom. The summed E-state index contributed by atoms with van der Waals surface area (Å²) in [6.07, 6.45) is 1.95. The minimum atomic E-state index is -1.83. The van der Waals surface area contributed by atoms with Crippen LogP contribution in [0.15, 0.2) is 78.9 Å². The zero-order chi connectivity index (χ0) is 22.0. The molecular formula is C27H23ClO3. The summed E-state index contributed by atoms with van der Waals surface area (Å²) in [6, 6.07) is 23.3. The number of carbonyl (C=O) groups is 3. The zero-order valence-corrected chi connectivity index (χ0v) is 18.1. The number of rotatable bonds is 7. The van der Waals surface area contributed by atoms with Crippen LogP contribution in [0.4, 0.5) is 0 Å². The quantitative estimate of drug-likeness (QED) is 0.260. The second-order valence-corrected chi connectivity index (χ2v) is 8.55. The number of ketones is 3. The first-order chi connectivity index (χ1) is 15.0. The van der Waals surface area contributed by atoms with Gasteiger partial charge in [0.25, 0.3) is 0 Å². The van der Waals surface area contributed by atoms with Gasteiger partial charge in [-0.3, -0.25) is 14.4 Å². The van der Waals surface area contributed by atoms with E-state index >= 15 is 0 Å². The average molecular weight is 431 g/mol. The molecule has 0 spiro atoms. The summed E-state index contributed by atoms with van der Waals surface area (Å²) in [7, 11) is 0. The lowest BCUT2D eigenvalue weighted by Gasteiger charge is -2.29. The Labute approximate surface area is 187 Å². The van der Waals surface area contributed by atoms with Gasteiger partial charge < -0.3 is 0 Å². The van der Waals surface area contributed by atoms with Crippen LogP contribution in [0.3, 0.4) is 0 Å². The topological polar surface area (TPSA) is 51.2 Å². The van der Waals surface area contributed by atoms with E-state index < -0.39 is 22.4 Å². The summed E-state index contributed by atoms with van der Waals surface area (Å²) in [5.41, 5.74) is 3.06. The first-order valence-electron chi connectivity index (χ1n) is 10.5. The summed E-state index contributed by atoms with van der Waals surface area (Å²) in [5, 5.41) is 0. The summed E-state index contributed by atoms with van der Waals surface area (Å²) in [4.78, 5) is 38.0. The Bertz CT molecular complexity index is 1100. The van der Waals surface area contributed by atoms with Gasteiger partial charge in [0.1, 0.15) is 0 Å². The molecule has 0 amide bonds. The molecule has 156 valence electrons. The highest BCUT2D eigenvalue weighted by atomic mass is 35.5. The molecule has 0 aromatic heterocycles. The largest absolute Gasteiger partial charge is 0.294 e. The van der Waals surface area contributed by atoms with Crippen molar-refractivity contribution in [1.82, 2.24) is 0 Å². The van der Waals surface area contributed by atoms with Crippen molar-refractivity contribution in [3.63, 3.8) is 0 Å². The Morgan fingerprint density at radius 3 is 1.94 bits per heavy atom. The lowest BCUT2D eigenvalue weighted by molar-refractivity contribution is 0.0829. The van der Waals surface area contributed by atoms with Gasteiger partial charge in [-0.25, -0.2) is 0 Å². The van der Waals surface area contributed by atoms with Crippen LogP contribution in [0.5, 0.6) is 0 Å². The molecule has 3 nitrogen and oxygen atoms in total. The van der Waals surface area contributed by atoms with E-state index in [-0.39, 0.29) is 12.2 Å². The van der Waals surface area contributed by atoms with E-state index in [4.69, 9.17) is 11.6 Å². The fraction of sp³-hybridized carbons (Fsp3) is 0.222. The number of aryl methyl sites for hydroxylation is 1. The van der Waals surface area contributed by atoms with Crippen molar-refractivity contribution in [3.05, 3.63) is 107 Å². The van der Waals surface area contributed by atoms with E-state index in [0.717, 1.165) is 12.8 Å². The summed E-state index contributed by atoms with van der Waals surface area (Å²) in [5.74, 6) is -1.79. The highest BCUT2D eigenvalue weighted by molar-refractivity contribution is 6.56. The summed E-state index contributed by atoms with van der Waals surface area (Å²) >= 11 is 6.88. The van der Waals surface area contributed by atoms with Gasteiger partial charge in [0.05, 0.1) is 0 Å². The van der Waals surface area contributed by atoms with Gasteiger partial charge in [-0.15, -0.1) is 11.6 Å². The number of halogens is 1. The average Bonchev–Trinajstić information content (AvgIpc) is 3.00. The molecule has 0 saturated heterocycles. The third-order valence-corrected chi connectivity index (χ3v) is 6.57. The summed E-state index contributed by atoms with van der Waals surface area (Å²) in [6.45, 7) is 2.11. The second kappa shape index (κ2) is 8.60. The van der Waals surface area contributed by atoms with Crippen molar-refractivity contribution in [2.75, 3.05) is 0 Å². The smallest absolute Gasteiger partial charge is 0.193 e. The van der Waals surface area contributed by atoms with Gasteiger partial charge >= 0.3 is 0 Å². The van der Waals surface area contributed by atoms with Gasteiger partial charge in [0.2, 0.25) is 0 Å². The lowest BCUT2D eigenvalue weighted by atomic mass is 9.78. The third-order valence-electron chi connectivity index (χ3n) is 5.96. The van der Waals surface area contributed by atoms with Crippen LogP contribution in [0.2, 0.25) is 0 Å². The fourth-order valence-electron chi connectivity index (χ4n) is 4.31. The Morgan fingerprint density at radius 1 is 0.839 bits per heavy atom. The molecule has 0 heterocycles. The normalized spacial score (nSPS) is 15.5. The molecule has 0 saturated carbocycles. The van der Waals surface area contributed by atoms with E-state index in [1.807, 2.05) is 54.6 Å². The molecule has 0 fully saturated rings. The van der Waals surface area contributed by atoms with Gasteiger partial charge in [-0.1, -0.05) is 92.2 Å². The maximum Gasteiger partial charge on any atom is 0.193 e. The van der Waals surface area contributed by atoms with E-state index in [0.29, 0.717) is 22.3 Å². The molecule has 0 N–H and O–H groups in total. The van der Waals surface area contributed by atoms with Crippen LogP contribution in [-0.2, 0) is 6.42 Å². The predicted octanol–water partition coefficient (Wildman–Crippen LogP) is 6.05. The number of Topliss-reactive ketones (excluding diaryl/α,β-unsaturated/α-hetero) is 3. The van der Waals surface area contributed by atoms with Crippen LogP contribution in [0.25, 0.3) is 0 Å². The molecular weight excluding hydrogens is 408 g/mol. The van der Waals surface area contributed by atoms with Gasteiger partial charge in [-0.2, -0.15) is 0 Å². The van der Waals surface area contributed by atoms with Crippen molar-refractivity contribution in [2.45, 2.75) is 37.0 Å². The minimum absolute atomic E-state index is 0.0356. The van der Waals surface area contributed by atoms with E-state index in [9.17, 15) is 14.4 Å². The van der Waals surface area contributed by atoms with E-state index in [1.165, 1.54) is 5.56 Å². The molecule has 0 aliphatic heterocycles. The van der Waals surface area contributed by atoms with Crippen molar-refractivity contribution >= 4 is 29.0 Å². The SMILES string of the molecule is CCCc1ccc(C(=O)C[C@H](c2ccccc2)C2(Cl)C(=O)c3ccccc3C2=O)cc1. The van der Waals surface area contributed by atoms with Crippen molar-refractivity contribution in [2.24, 2.45) is 0 Å². The maximum absolute atomic E-state index is 13.3. The maximum atomic E-state index is 13.3. The predicted molar refractivity (Wildman–Crippen MR) is 122 cm³/mol. The Hall–Kier alpha value is -3.04. The standard InChI is InChI=1S/C27H23ClO3/c1-2-8-18-13-15-20(16-14-18)24(29)17-23(19-9-4-3-5-10-19)27(28)25(30)21-11-6-7-12-22(21)26(27)31/h3-7,9-16,23H,2,8,17H2,1H3/t23-/m1/s1. The minimum Gasteiger partial charge on any atom is -0.294 e. The monoisotopic (exact) mass is 430 g/mol. The third kappa shape index (κ3) is 3.75. The molecule has 1 aliphatic rings. The highest BCUT2D eigenvalue weighted by Gasteiger charge is 2.57. The molecule has 1 atom stereocenters. The molecule has 3 aromatic rings. The van der Waals surface area contributed by atoms with E-state index in [1.54, 1.807) is 24.3 Å². The van der Waals surface area contributed by atoms with Crippen molar-refractivity contribution < 1.29 is 14.4 Å². The molecule has 3 aromatic carbocycles. The van der Waals surface area contributed by atoms with Crippen LogP contribution in [0, 0.1) is 0 Å². The van der Waals surface area contributed by atoms with Gasteiger partial charge in [0.15, 0.2) is 22.2 Å². The molecule has 4 heteroatoms. The molecule has 0 radical (unpaired) electrons. The van der Waals surface area contributed by atoms with Crippen molar-refractivity contribution in [1.29, 1.82) is 0 Å². The number of fused-ring (bicyclic) bond motifs is 1. The first-order valence-corrected chi connectivity index (χ1v) is 10.9.